The van der Waals surface area contributed by atoms with Crippen molar-refractivity contribution >= 4 is 5.97 Å². The van der Waals surface area contributed by atoms with E-state index in [1.54, 1.807) is 6.07 Å². The first-order chi connectivity index (χ1) is 14.9. The van der Waals surface area contributed by atoms with Crippen LogP contribution in [0.1, 0.15) is 53.5 Å². The summed E-state index contributed by atoms with van der Waals surface area (Å²) in [7, 11) is 1.42. The summed E-state index contributed by atoms with van der Waals surface area (Å²) in [5, 5.41) is 0. The van der Waals surface area contributed by atoms with Gasteiger partial charge in [0.05, 0.1) is 12.7 Å². The SMILES string of the molecule is COC(=O)c1cccc(CN(Cc2cccn2Cc2cccc(C)c2)C(C)C(C)C)c1. The van der Waals surface area contributed by atoms with Gasteiger partial charge in [0.25, 0.3) is 0 Å². The average molecular weight is 419 g/mol. The van der Waals surface area contributed by atoms with E-state index in [4.69, 9.17) is 4.74 Å². The molecule has 4 heteroatoms. The molecule has 0 saturated carbocycles. The molecule has 1 heterocycles. The van der Waals surface area contributed by atoms with Gasteiger partial charge in [0.15, 0.2) is 0 Å². The van der Waals surface area contributed by atoms with Crippen LogP contribution in [0.3, 0.4) is 0 Å². The summed E-state index contributed by atoms with van der Waals surface area (Å²) in [5.74, 6) is 0.223. The summed E-state index contributed by atoms with van der Waals surface area (Å²) < 4.78 is 7.22. The highest BCUT2D eigenvalue weighted by Gasteiger charge is 2.20. The summed E-state index contributed by atoms with van der Waals surface area (Å²) in [4.78, 5) is 14.4. The second kappa shape index (κ2) is 10.5. The molecule has 1 atom stereocenters. The molecule has 1 aromatic heterocycles. The Morgan fingerprint density at radius 2 is 1.71 bits per heavy atom. The molecule has 0 radical (unpaired) electrons. The highest BCUT2D eigenvalue weighted by atomic mass is 16.5. The zero-order chi connectivity index (χ0) is 22.4. The number of aromatic nitrogens is 1. The summed E-state index contributed by atoms with van der Waals surface area (Å²) in [6, 6.07) is 21.2. The van der Waals surface area contributed by atoms with Crippen LogP contribution in [0.5, 0.6) is 0 Å². The molecule has 0 N–H and O–H groups in total. The van der Waals surface area contributed by atoms with Crippen LogP contribution in [0.15, 0.2) is 66.9 Å². The van der Waals surface area contributed by atoms with Crippen molar-refractivity contribution in [3.05, 3.63) is 94.8 Å². The lowest BCUT2D eigenvalue weighted by Gasteiger charge is -2.32. The van der Waals surface area contributed by atoms with E-state index >= 15 is 0 Å². The first-order valence-electron chi connectivity index (χ1n) is 11.0. The number of nitrogens with zero attached hydrogens (tertiary/aromatic N) is 2. The Morgan fingerprint density at radius 3 is 2.42 bits per heavy atom. The molecular formula is C27H34N2O2. The smallest absolute Gasteiger partial charge is 0.337 e. The number of ether oxygens (including phenoxy) is 1. The lowest BCUT2D eigenvalue weighted by Crippen LogP contribution is -2.36. The number of benzene rings is 2. The standard InChI is InChI=1S/C27H34N2O2/c1-20(2)22(4)29(18-24-11-7-12-25(16-24)27(30)31-5)19-26-13-8-14-28(26)17-23-10-6-9-21(3)15-23/h6-16,20,22H,17-19H2,1-5H3. The minimum absolute atomic E-state index is 0.294. The Labute approximate surface area is 186 Å². The van der Waals surface area contributed by atoms with E-state index in [1.807, 2.05) is 12.1 Å². The molecule has 3 aromatic rings. The molecule has 0 fully saturated rings. The van der Waals surface area contributed by atoms with Crippen LogP contribution in [-0.2, 0) is 24.4 Å². The van der Waals surface area contributed by atoms with Crippen molar-refractivity contribution in [1.82, 2.24) is 9.47 Å². The number of hydrogen-bond donors (Lipinski definition) is 0. The number of hydrogen-bond acceptors (Lipinski definition) is 3. The summed E-state index contributed by atoms with van der Waals surface area (Å²) in [6.45, 7) is 11.4. The van der Waals surface area contributed by atoms with Crippen LogP contribution in [-0.4, -0.2) is 28.6 Å². The fourth-order valence-electron chi connectivity index (χ4n) is 3.88. The lowest BCUT2D eigenvalue weighted by atomic mass is 10.0. The largest absolute Gasteiger partial charge is 0.465 e. The van der Waals surface area contributed by atoms with Gasteiger partial charge >= 0.3 is 5.97 Å². The second-order valence-electron chi connectivity index (χ2n) is 8.70. The van der Waals surface area contributed by atoms with Crippen LogP contribution in [0.25, 0.3) is 0 Å². The van der Waals surface area contributed by atoms with Crippen molar-refractivity contribution < 1.29 is 9.53 Å². The molecule has 4 nitrogen and oxygen atoms in total. The maximum Gasteiger partial charge on any atom is 0.337 e. The minimum atomic E-state index is -0.294. The van der Waals surface area contributed by atoms with Crippen LogP contribution >= 0.6 is 0 Å². The molecule has 0 aliphatic heterocycles. The van der Waals surface area contributed by atoms with E-state index < -0.39 is 0 Å². The normalized spacial score (nSPS) is 12.4. The van der Waals surface area contributed by atoms with E-state index in [0.29, 0.717) is 17.5 Å². The molecule has 0 bridgehead atoms. The van der Waals surface area contributed by atoms with Crippen molar-refractivity contribution in [1.29, 1.82) is 0 Å². The van der Waals surface area contributed by atoms with Gasteiger partial charge < -0.3 is 9.30 Å². The van der Waals surface area contributed by atoms with Gasteiger partial charge in [-0.15, -0.1) is 0 Å². The maximum absolute atomic E-state index is 12.0. The van der Waals surface area contributed by atoms with Crippen molar-refractivity contribution in [2.75, 3.05) is 7.11 Å². The quantitative estimate of drug-likeness (QED) is 0.419. The fourth-order valence-corrected chi connectivity index (χ4v) is 3.88. The van der Waals surface area contributed by atoms with Crippen molar-refractivity contribution in [3.63, 3.8) is 0 Å². The van der Waals surface area contributed by atoms with Crippen LogP contribution in [0.4, 0.5) is 0 Å². The average Bonchev–Trinajstić information content (AvgIpc) is 3.18. The number of methoxy groups -OCH3 is 1. The van der Waals surface area contributed by atoms with Gasteiger partial charge in [-0.25, -0.2) is 4.79 Å². The van der Waals surface area contributed by atoms with Crippen molar-refractivity contribution in [3.8, 4) is 0 Å². The molecule has 0 amide bonds. The fraction of sp³-hybridized carbons (Fsp3) is 0.370. The zero-order valence-corrected chi connectivity index (χ0v) is 19.3. The maximum atomic E-state index is 12.0. The summed E-state index contributed by atoms with van der Waals surface area (Å²) in [6.07, 6.45) is 2.16. The van der Waals surface area contributed by atoms with Gasteiger partial charge in [0, 0.05) is 37.6 Å². The zero-order valence-electron chi connectivity index (χ0n) is 19.3. The number of rotatable bonds is 9. The van der Waals surface area contributed by atoms with Gasteiger partial charge in [-0.2, -0.15) is 0 Å². The number of esters is 1. The van der Waals surface area contributed by atoms with Crippen LogP contribution < -0.4 is 0 Å². The first kappa shape index (κ1) is 22.8. The topological polar surface area (TPSA) is 34.5 Å². The Kier molecular flexibility index (Phi) is 7.69. The van der Waals surface area contributed by atoms with E-state index in [1.165, 1.54) is 23.9 Å². The van der Waals surface area contributed by atoms with E-state index in [9.17, 15) is 4.79 Å². The third-order valence-electron chi connectivity index (χ3n) is 6.00. The van der Waals surface area contributed by atoms with Gasteiger partial charge in [-0.1, -0.05) is 55.8 Å². The molecule has 31 heavy (non-hydrogen) atoms. The van der Waals surface area contributed by atoms with E-state index in [0.717, 1.165) is 25.2 Å². The Hall–Kier alpha value is -2.85. The number of carbonyl (C=O) groups is 1. The van der Waals surface area contributed by atoms with E-state index in [-0.39, 0.29) is 5.97 Å². The molecule has 3 rings (SSSR count). The van der Waals surface area contributed by atoms with Gasteiger partial charge in [-0.05, 0) is 55.2 Å². The molecule has 0 aliphatic rings. The van der Waals surface area contributed by atoms with Crippen molar-refractivity contribution in [2.24, 2.45) is 5.92 Å². The summed E-state index contributed by atoms with van der Waals surface area (Å²) in [5.41, 5.74) is 5.60. The van der Waals surface area contributed by atoms with E-state index in [2.05, 4.69) is 85.8 Å². The predicted octanol–water partition coefficient (Wildman–Crippen LogP) is 5.68. The Morgan fingerprint density at radius 1 is 0.968 bits per heavy atom. The third-order valence-corrected chi connectivity index (χ3v) is 6.00. The third kappa shape index (κ3) is 6.08. The molecular weight excluding hydrogens is 384 g/mol. The number of carbonyl (C=O) groups excluding carboxylic acids is 1. The Bertz CT molecular complexity index is 1010. The minimum Gasteiger partial charge on any atom is -0.465 e. The first-order valence-corrected chi connectivity index (χ1v) is 11.0. The molecule has 1 unspecified atom stereocenters. The number of aryl methyl sites for hydroxylation is 1. The van der Waals surface area contributed by atoms with Gasteiger partial charge in [0.2, 0.25) is 0 Å². The molecule has 0 spiro atoms. The predicted molar refractivity (Wildman–Crippen MR) is 126 cm³/mol. The highest BCUT2D eigenvalue weighted by molar-refractivity contribution is 5.89. The molecule has 0 aliphatic carbocycles. The van der Waals surface area contributed by atoms with Crippen LogP contribution in [0, 0.1) is 12.8 Å². The molecule has 164 valence electrons. The van der Waals surface area contributed by atoms with Crippen molar-refractivity contribution in [2.45, 2.75) is 53.4 Å². The molecule has 2 aromatic carbocycles. The highest BCUT2D eigenvalue weighted by Crippen LogP contribution is 2.20. The molecule has 0 saturated heterocycles. The monoisotopic (exact) mass is 418 g/mol. The lowest BCUT2D eigenvalue weighted by molar-refractivity contribution is 0.0600. The second-order valence-corrected chi connectivity index (χ2v) is 8.70. The van der Waals surface area contributed by atoms with Crippen LogP contribution in [0.2, 0.25) is 0 Å². The summed E-state index contributed by atoms with van der Waals surface area (Å²) >= 11 is 0. The van der Waals surface area contributed by atoms with Gasteiger partial charge in [0.1, 0.15) is 0 Å². The van der Waals surface area contributed by atoms with Gasteiger partial charge in [-0.3, -0.25) is 4.90 Å². The Balaban J connectivity index is 1.81.